The van der Waals surface area contributed by atoms with Crippen molar-refractivity contribution in [1.82, 2.24) is 0 Å². The average molecular weight is 166 g/mol. The molecule has 1 heterocycles. The lowest BCUT2D eigenvalue weighted by Crippen LogP contribution is -1.95. The van der Waals surface area contributed by atoms with Crippen LogP contribution in [0.15, 0.2) is 29.7 Å². The van der Waals surface area contributed by atoms with Crippen LogP contribution in [0.5, 0.6) is 0 Å². The topological polar surface area (TPSA) is 17.1 Å². The predicted molar refractivity (Wildman–Crippen MR) is 47.8 cm³/mol. The van der Waals surface area contributed by atoms with Gasteiger partial charge in [0.25, 0.3) is 0 Å². The van der Waals surface area contributed by atoms with E-state index in [-0.39, 0.29) is 5.78 Å². The summed E-state index contributed by atoms with van der Waals surface area (Å²) in [7, 11) is 0. The number of hydrogen-bond acceptors (Lipinski definition) is 2. The minimum absolute atomic E-state index is 0.176. The van der Waals surface area contributed by atoms with Crippen molar-refractivity contribution in [3.63, 3.8) is 0 Å². The van der Waals surface area contributed by atoms with Crippen molar-refractivity contribution in [2.45, 2.75) is 13.3 Å². The van der Waals surface area contributed by atoms with E-state index in [0.717, 1.165) is 4.88 Å². The summed E-state index contributed by atoms with van der Waals surface area (Å²) in [6.07, 6.45) is 3.93. The van der Waals surface area contributed by atoms with E-state index in [0.29, 0.717) is 6.42 Å². The number of carbonyl (C=O) groups excluding carboxylic acids is 1. The Morgan fingerprint density at radius 2 is 2.55 bits per heavy atom. The van der Waals surface area contributed by atoms with Gasteiger partial charge in [0.1, 0.15) is 0 Å². The Balaban J connectivity index is 2.50. The number of ketones is 1. The lowest BCUT2D eigenvalue weighted by Gasteiger charge is -1.88. The van der Waals surface area contributed by atoms with Crippen molar-refractivity contribution >= 4 is 17.1 Å². The van der Waals surface area contributed by atoms with E-state index in [1.165, 1.54) is 0 Å². The number of rotatable bonds is 3. The normalized spacial score (nSPS) is 10.6. The molecule has 1 aromatic heterocycles. The van der Waals surface area contributed by atoms with Gasteiger partial charge in [-0.05, 0) is 24.4 Å². The molecule has 0 amide bonds. The van der Waals surface area contributed by atoms with Crippen LogP contribution in [0.25, 0.3) is 0 Å². The molecular formula is C9H10OS. The zero-order valence-corrected chi connectivity index (χ0v) is 7.23. The van der Waals surface area contributed by atoms with Crippen LogP contribution < -0.4 is 0 Å². The first-order chi connectivity index (χ1) is 5.33. The van der Waals surface area contributed by atoms with Crippen molar-refractivity contribution in [2.75, 3.05) is 0 Å². The van der Waals surface area contributed by atoms with Gasteiger partial charge in [0.15, 0.2) is 5.78 Å². The maximum Gasteiger partial charge on any atom is 0.160 e. The van der Waals surface area contributed by atoms with Crippen molar-refractivity contribution in [3.8, 4) is 0 Å². The van der Waals surface area contributed by atoms with E-state index in [1.54, 1.807) is 23.5 Å². The van der Waals surface area contributed by atoms with Gasteiger partial charge in [0.05, 0.1) is 0 Å². The molecule has 1 nitrogen and oxygen atoms in total. The molecule has 0 unspecified atom stereocenters. The highest BCUT2D eigenvalue weighted by Gasteiger charge is 1.98. The molecule has 2 heteroatoms. The highest BCUT2D eigenvalue weighted by atomic mass is 32.1. The first kappa shape index (κ1) is 8.21. The van der Waals surface area contributed by atoms with E-state index < -0.39 is 0 Å². The summed E-state index contributed by atoms with van der Waals surface area (Å²) in [5.41, 5.74) is 0. The van der Waals surface area contributed by atoms with Crippen molar-refractivity contribution in [1.29, 1.82) is 0 Å². The summed E-state index contributed by atoms with van der Waals surface area (Å²) in [6.45, 7) is 1.85. The Bertz CT molecular complexity index is 247. The molecule has 0 bridgehead atoms. The monoisotopic (exact) mass is 166 g/mol. The van der Waals surface area contributed by atoms with E-state index >= 15 is 0 Å². The van der Waals surface area contributed by atoms with Crippen LogP contribution in [0.4, 0.5) is 0 Å². The molecule has 0 aliphatic rings. The number of carbonyl (C=O) groups is 1. The first-order valence-corrected chi connectivity index (χ1v) is 4.39. The first-order valence-electron chi connectivity index (χ1n) is 3.51. The second-order valence-electron chi connectivity index (χ2n) is 2.22. The average Bonchev–Trinajstić information content (AvgIpc) is 2.40. The lowest BCUT2D eigenvalue weighted by molar-refractivity contribution is -0.113. The molecule has 0 saturated carbocycles. The molecule has 0 saturated heterocycles. The molecule has 0 aliphatic carbocycles. The molecule has 1 aromatic rings. The van der Waals surface area contributed by atoms with Gasteiger partial charge in [-0.25, -0.2) is 0 Å². The molecule has 58 valence electrons. The van der Waals surface area contributed by atoms with Gasteiger partial charge in [-0.15, -0.1) is 11.3 Å². The highest BCUT2D eigenvalue weighted by molar-refractivity contribution is 7.10. The zero-order chi connectivity index (χ0) is 8.10. The lowest BCUT2D eigenvalue weighted by atomic mass is 10.2. The van der Waals surface area contributed by atoms with Gasteiger partial charge >= 0.3 is 0 Å². The van der Waals surface area contributed by atoms with Gasteiger partial charge in [-0.3, -0.25) is 4.79 Å². The Morgan fingerprint density at radius 3 is 3.09 bits per heavy atom. The molecule has 0 N–H and O–H groups in total. The van der Waals surface area contributed by atoms with Crippen LogP contribution in [0.2, 0.25) is 0 Å². The van der Waals surface area contributed by atoms with E-state index in [4.69, 9.17) is 0 Å². The van der Waals surface area contributed by atoms with Crippen molar-refractivity contribution in [3.05, 3.63) is 34.5 Å². The Labute approximate surface area is 70.4 Å². The van der Waals surface area contributed by atoms with Gasteiger partial charge < -0.3 is 0 Å². The number of thiophene rings is 1. The molecule has 0 aliphatic heterocycles. The maximum absolute atomic E-state index is 11.0. The fraction of sp³-hybridized carbons (Fsp3) is 0.222. The Kier molecular flexibility index (Phi) is 3.05. The largest absolute Gasteiger partial charge is 0.294 e. The molecule has 0 aromatic carbocycles. The van der Waals surface area contributed by atoms with Gasteiger partial charge in [-0.1, -0.05) is 12.1 Å². The third-order valence-electron chi connectivity index (χ3n) is 1.28. The molecule has 0 radical (unpaired) electrons. The van der Waals surface area contributed by atoms with E-state index in [2.05, 4.69) is 0 Å². The number of hydrogen-bond donors (Lipinski definition) is 0. The van der Waals surface area contributed by atoms with Crippen LogP contribution in [0, 0.1) is 0 Å². The zero-order valence-electron chi connectivity index (χ0n) is 6.41. The smallest absolute Gasteiger partial charge is 0.160 e. The molecule has 1 rings (SSSR count). The summed E-state index contributed by atoms with van der Waals surface area (Å²) in [5.74, 6) is 0.176. The third-order valence-corrected chi connectivity index (χ3v) is 2.16. The summed E-state index contributed by atoms with van der Waals surface area (Å²) in [6, 6.07) is 3.94. The van der Waals surface area contributed by atoms with Crippen molar-refractivity contribution < 1.29 is 4.79 Å². The highest BCUT2D eigenvalue weighted by Crippen LogP contribution is 2.09. The standard InChI is InChI=1S/C9H10OS/c1-2-4-8(10)7-9-5-3-6-11-9/h2-6H,7H2,1H3/b4-2+. The van der Waals surface area contributed by atoms with Crippen molar-refractivity contribution in [2.24, 2.45) is 0 Å². The summed E-state index contributed by atoms with van der Waals surface area (Å²) in [5, 5.41) is 1.98. The molecule has 11 heavy (non-hydrogen) atoms. The minimum atomic E-state index is 0.176. The van der Waals surface area contributed by atoms with Crippen LogP contribution in [0.3, 0.4) is 0 Å². The van der Waals surface area contributed by atoms with Crippen LogP contribution in [0.1, 0.15) is 11.8 Å². The summed E-state index contributed by atoms with van der Waals surface area (Å²) >= 11 is 1.62. The second kappa shape index (κ2) is 4.09. The van der Waals surface area contributed by atoms with Gasteiger partial charge in [-0.2, -0.15) is 0 Å². The Morgan fingerprint density at radius 1 is 1.73 bits per heavy atom. The second-order valence-corrected chi connectivity index (χ2v) is 3.25. The number of allylic oxidation sites excluding steroid dienone is 2. The van der Waals surface area contributed by atoms with Crippen LogP contribution in [-0.4, -0.2) is 5.78 Å². The van der Waals surface area contributed by atoms with Crippen LogP contribution in [-0.2, 0) is 11.2 Å². The fourth-order valence-electron chi connectivity index (χ4n) is 0.830. The predicted octanol–water partition coefficient (Wildman–Crippen LogP) is 2.44. The van der Waals surface area contributed by atoms with E-state index in [1.807, 2.05) is 24.4 Å². The molecule has 0 fully saturated rings. The summed E-state index contributed by atoms with van der Waals surface area (Å²) in [4.78, 5) is 12.2. The third kappa shape index (κ3) is 2.68. The Hall–Kier alpha value is -0.890. The molecule has 0 atom stereocenters. The SMILES string of the molecule is C/C=C/C(=O)Cc1cccs1. The quantitative estimate of drug-likeness (QED) is 0.630. The van der Waals surface area contributed by atoms with Crippen LogP contribution >= 0.6 is 11.3 Å². The molecular weight excluding hydrogens is 156 g/mol. The maximum atomic E-state index is 11.0. The molecule has 0 spiro atoms. The van der Waals surface area contributed by atoms with Gasteiger partial charge in [0.2, 0.25) is 0 Å². The minimum Gasteiger partial charge on any atom is -0.294 e. The van der Waals surface area contributed by atoms with Gasteiger partial charge in [0, 0.05) is 11.3 Å². The van der Waals surface area contributed by atoms with E-state index in [9.17, 15) is 4.79 Å². The summed E-state index contributed by atoms with van der Waals surface area (Å²) < 4.78 is 0. The fourth-order valence-corrected chi connectivity index (χ4v) is 1.54.